The number of nitrogen functional groups attached to an aromatic ring is 1. The van der Waals surface area contributed by atoms with Crippen molar-refractivity contribution in [3.8, 4) is 0 Å². The van der Waals surface area contributed by atoms with Crippen molar-refractivity contribution < 1.29 is 0 Å². The van der Waals surface area contributed by atoms with Crippen LogP contribution in [0.25, 0.3) is 0 Å². The first kappa shape index (κ1) is 13.9. The molecule has 0 radical (unpaired) electrons. The Morgan fingerprint density at radius 2 is 1.94 bits per heavy atom. The maximum absolute atomic E-state index is 5.86. The molecule has 0 aliphatic rings. The minimum Gasteiger partial charge on any atom is -0.396 e. The molecule has 0 atom stereocenters. The summed E-state index contributed by atoms with van der Waals surface area (Å²) in [5.41, 5.74) is 7.53. The lowest BCUT2D eigenvalue weighted by Crippen LogP contribution is -2.26. The van der Waals surface area contributed by atoms with E-state index in [0.29, 0.717) is 11.6 Å². The first-order chi connectivity index (χ1) is 8.08. The van der Waals surface area contributed by atoms with Crippen molar-refractivity contribution in [3.05, 3.63) is 17.7 Å². The van der Waals surface area contributed by atoms with Gasteiger partial charge in [0, 0.05) is 13.0 Å². The average molecular weight is 236 g/mol. The van der Waals surface area contributed by atoms with Crippen LogP contribution in [0.3, 0.4) is 0 Å². The van der Waals surface area contributed by atoms with E-state index in [2.05, 4.69) is 42.6 Å². The van der Waals surface area contributed by atoms with Crippen LogP contribution in [0.15, 0.2) is 6.20 Å². The summed E-state index contributed by atoms with van der Waals surface area (Å²) in [6.07, 6.45) is 2.63. The zero-order chi connectivity index (χ0) is 12.8. The molecule has 0 bridgehead atoms. The molecule has 2 N–H and O–H groups in total. The van der Waals surface area contributed by atoms with Gasteiger partial charge in [-0.25, -0.2) is 9.97 Å². The lowest BCUT2D eigenvalue weighted by molar-refractivity contribution is 0.305. The summed E-state index contributed by atoms with van der Waals surface area (Å²) in [4.78, 5) is 11.2. The lowest BCUT2D eigenvalue weighted by atomic mass is 10.1. The SMILES string of the molecule is CCN(CC)CCc1ncc(N)c(C(C)C)n1. The number of hydrogen-bond acceptors (Lipinski definition) is 4. The Morgan fingerprint density at radius 3 is 2.47 bits per heavy atom. The van der Waals surface area contributed by atoms with Gasteiger partial charge in [-0.1, -0.05) is 27.7 Å². The summed E-state index contributed by atoms with van der Waals surface area (Å²) < 4.78 is 0. The van der Waals surface area contributed by atoms with Crippen LogP contribution in [0.1, 0.15) is 45.1 Å². The molecule has 0 fully saturated rings. The van der Waals surface area contributed by atoms with E-state index >= 15 is 0 Å². The molecule has 0 aromatic carbocycles. The van der Waals surface area contributed by atoms with Gasteiger partial charge in [-0.05, 0) is 19.0 Å². The molecule has 0 unspecified atom stereocenters. The number of rotatable bonds is 6. The van der Waals surface area contributed by atoms with Gasteiger partial charge in [-0.3, -0.25) is 0 Å². The Bertz CT molecular complexity index is 345. The van der Waals surface area contributed by atoms with E-state index in [9.17, 15) is 0 Å². The van der Waals surface area contributed by atoms with Crippen LogP contribution in [0, 0.1) is 0 Å². The molecule has 96 valence electrons. The molecule has 0 aliphatic heterocycles. The first-order valence-electron chi connectivity index (χ1n) is 6.42. The fourth-order valence-electron chi connectivity index (χ4n) is 1.82. The topological polar surface area (TPSA) is 55.0 Å². The molecule has 4 nitrogen and oxygen atoms in total. The third-order valence-electron chi connectivity index (χ3n) is 2.99. The Balaban J connectivity index is 2.69. The zero-order valence-electron chi connectivity index (χ0n) is 11.4. The number of nitrogens with two attached hydrogens (primary N) is 1. The minimum atomic E-state index is 0.352. The molecule has 0 spiro atoms. The van der Waals surface area contributed by atoms with E-state index in [1.54, 1.807) is 6.20 Å². The van der Waals surface area contributed by atoms with Crippen LogP contribution in [-0.2, 0) is 6.42 Å². The molecule has 0 saturated carbocycles. The van der Waals surface area contributed by atoms with Gasteiger partial charge in [-0.15, -0.1) is 0 Å². The highest BCUT2D eigenvalue weighted by Crippen LogP contribution is 2.18. The number of nitrogens with zero attached hydrogens (tertiary/aromatic N) is 3. The fourth-order valence-corrected chi connectivity index (χ4v) is 1.82. The standard InChI is InChI=1S/C13H24N4/c1-5-17(6-2)8-7-12-15-9-11(14)13(16-12)10(3)4/h9-10H,5-8,14H2,1-4H3. The summed E-state index contributed by atoms with van der Waals surface area (Å²) in [7, 11) is 0. The zero-order valence-corrected chi connectivity index (χ0v) is 11.4. The van der Waals surface area contributed by atoms with Crippen molar-refractivity contribution in [1.29, 1.82) is 0 Å². The monoisotopic (exact) mass is 236 g/mol. The van der Waals surface area contributed by atoms with Crippen molar-refractivity contribution in [2.45, 2.75) is 40.0 Å². The van der Waals surface area contributed by atoms with Gasteiger partial charge >= 0.3 is 0 Å². The summed E-state index contributed by atoms with van der Waals surface area (Å²) in [5.74, 6) is 1.25. The molecule has 1 aromatic heterocycles. The quantitative estimate of drug-likeness (QED) is 0.821. The van der Waals surface area contributed by atoms with Crippen molar-refractivity contribution in [2.24, 2.45) is 0 Å². The lowest BCUT2D eigenvalue weighted by Gasteiger charge is -2.17. The molecule has 0 amide bonds. The maximum atomic E-state index is 5.86. The Hall–Kier alpha value is -1.16. The van der Waals surface area contributed by atoms with Gasteiger partial charge in [0.15, 0.2) is 0 Å². The summed E-state index contributed by atoms with van der Waals surface area (Å²) in [5, 5.41) is 0. The van der Waals surface area contributed by atoms with Gasteiger partial charge in [-0.2, -0.15) is 0 Å². The predicted molar refractivity (Wildman–Crippen MR) is 72.0 cm³/mol. The van der Waals surface area contributed by atoms with E-state index in [4.69, 9.17) is 5.73 Å². The van der Waals surface area contributed by atoms with Crippen molar-refractivity contribution >= 4 is 5.69 Å². The second-order valence-electron chi connectivity index (χ2n) is 4.56. The largest absolute Gasteiger partial charge is 0.396 e. The van der Waals surface area contributed by atoms with Crippen molar-refractivity contribution in [1.82, 2.24) is 14.9 Å². The molecular formula is C13H24N4. The Morgan fingerprint density at radius 1 is 1.29 bits per heavy atom. The second kappa shape index (κ2) is 6.55. The summed E-state index contributed by atoms with van der Waals surface area (Å²) in [6.45, 7) is 11.7. The third kappa shape index (κ3) is 3.97. The molecule has 1 aromatic rings. The Kier molecular flexibility index (Phi) is 5.35. The molecule has 17 heavy (non-hydrogen) atoms. The van der Waals surface area contributed by atoms with Crippen LogP contribution >= 0.6 is 0 Å². The number of aromatic nitrogens is 2. The van der Waals surface area contributed by atoms with Gasteiger partial charge in [0.2, 0.25) is 0 Å². The Labute approximate surface area is 104 Å². The van der Waals surface area contributed by atoms with Crippen molar-refractivity contribution in [2.75, 3.05) is 25.4 Å². The van der Waals surface area contributed by atoms with Gasteiger partial charge in [0.1, 0.15) is 5.82 Å². The van der Waals surface area contributed by atoms with Crippen LogP contribution < -0.4 is 5.73 Å². The first-order valence-corrected chi connectivity index (χ1v) is 6.42. The van der Waals surface area contributed by atoms with Gasteiger partial charge in [0.05, 0.1) is 17.6 Å². The molecule has 0 saturated heterocycles. The van der Waals surface area contributed by atoms with Crippen LogP contribution in [0.4, 0.5) is 5.69 Å². The molecule has 1 rings (SSSR count). The van der Waals surface area contributed by atoms with E-state index in [1.165, 1.54) is 0 Å². The normalized spacial score (nSPS) is 11.4. The molecule has 0 aliphatic carbocycles. The maximum Gasteiger partial charge on any atom is 0.130 e. The molecular weight excluding hydrogens is 212 g/mol. The number of anilines is 1. The number of likely N-dealkylation sites (N-methyl/N-ethyl adjacent to an activating group) is 1. The average Bonchev–Trinajstić information content (AvgIpc) is 2.32. The van der Waals surface area contributed by atoms with E-state index < -0.39 is 0 Å². The minimum absolute atomic E-state index is 0.352. The second-order valence-corrected chi connectivity index (χ2v) is 4.56. The third-order valence-corrected chi connectivity index (χ3v) is 2.99. The van der Waals surface area contributed by atoms with Crippen LogP contribution in [-0.4, -0.2) is 34.5 Å². The smallest absolute Gasteiger partial charge is 0.130 e. The van der Waals surface area contributed by atoms with Gasteiger partial charge in [0.25, 0.3) is 0 Å². The highest BCUT2D eigenvalue weighted by Gasteiger charge is 2.09. The molecule has 4 heteroatoms. The highest BCUT2D eigenvalue weighted by molar-refractivity contribution is 5.41. The van der Waals surface area contributed by atoms with Crippen molar-refractivity contribution in [3.63, 3.8) is 0 Å². The van der Waals surface area contributed by atoms with E-state index in [1.807, 2.05) is 0 Å². The predicted octanol–water partition coefficient (Wildman–Crippen LogP) is 2.07. The summed E-state index contributed by atoms with van der Waals surface area (Å²) in [6, 6.07) is 0. The van der Waals surface area contributed by atoms with Crippen LogP contribution in [0.2, 0.25) is 0 Å². The number of hydrogen-bond donors (Lipinski definition) is 1. The van der Waals surface area contributed by atoms with E-state index in [-0.39, 0.29) is 0 Å². The highest BCUT2D eigenvalue weighted by atomic mass is 15.1. The molecule has 1 heterocycles. The summed E-state index contributed by atoms with van der Waals surface area (Å²) >= 11 is 0. The fraction of sp³-hybridized carbons (Fsp3) is 0.692. The van der Waals surface area contributed by atoms with E-state index in [0.717, 1.165) is 37.6 Å². The van der Waals surface area contributed by atoms with Gasteiger partial charge < -0.3 is 10.6 Å². The van der Waals surface area contributed by atoms with Crippen LogP contribution in [0.5, 0.6) is 0 Å².